The van der Waals surface area contributed by atoms with Crippen LogP contribution in [0, 0.1) is 0 Å². The zero-order valence-corrected chi connectivity index (χ0v) is 12.9. The van der Waals surface area contributed by atoms with Gasteiger partial charge in [0, 0.05) is 36.1 Å². The molecule has 20 heavy (non-hydrogen) atoms. The summed E-state index contributed by atoms with van der Waals surface area (Å²) in [5, 5.41) is 0. The van der Waals surface area contributed by atoms with Crippen molar-refractivity contribution in [3.63, 3.8) is 0 Å². The molecule has 2 rings (SSSR count). The molecule has 110 valence electrons. The molecule has 1 saturated carbocycles. The quantitative estimate of drug-likeness (QED) is 0.662. The van der Waals surface area contributed by atoms with Gasteiger partial charge < -0.3 is 15.5 Å². The van der Waals surface area contributed by atoms with Crippen molar-refractivity contribution in [1.29, 1.82) is 0 Å². The highest BCUT2D eigenvalue weighted by atomic mass is 16.1. The summed E-state index contributed by atoms with van der Waals surface area (Å²) in [5.41, 5.74) is 8.49. The van der Waals surface area contributed by atoms with Crippen LogP contribution in [0.4, 0.5) is 11.4 Å². The maximum absolute atomic E-state index is 11.4. The Labute approximate surface area is 121 Å². The van der Waals surface area contributed by atoms with Crippen LogP contribution < -0.4 is 10.6 Å². The van der Waals surface area contributed by atoms with Crippen LogP contribution in [0.2, 0.25) is 0 Å². The van der Waals surface area contributed by atoms with Gasteiger partial charge in [0.05, 0.1) is 0 Å². The first-order valence-corrected chi connectivity index (χ1v) is 7.15. The number of carbonyl (C=O) groups excluding carboxylic acids is 1. The van der Waals surface area contributed by atoms with Gasteiger partial charge >= 0.3 is 0 Å². The van der Waals surface area contributed by atoms with Crippen molar-refractivity contribution in [3.05, 3.63) is 23.8 Å². The van der Waals surface area contributed by atoms with Gasteiger partial charge in [0.15, 0.2) is 5.78 Å². The summed E-state index contributed by atoms with van der Waals surface area (Å²) in [5.74, 6) is 0.0143. The van der Waals surface area contributed by atoms with E-state index in [4.69, 9.17) is 5.73 Å². The van der Waals surface area contributed by atoms with Crippen LogP contribution >= 0.6 is 0 Å². The Morgan fingerprint density at radius 1 is 1.30 bits per heavy atom. The van der Waals surface area contributed by atoms with Gasteiger partial charge in [0.25, 0.3) is 0 Å². The summed E-state index contributed by atoms with van der Waals surface area (Å²) >= 11 is 0. The van der Waals surface area contributed by atoms with Crippen LogP contribution in [-0.4, -0.2) is 43.9 Å². The van der Waals surface area contributed by atoms with E-state index in [0.29, 0.717) is 11.3 Å². The van der Waals surface area contributed by atoms with Crippen molar-refractivity contribution < 1.29 is 4.79 Å². The molecule has 0 saturated heterocycles. The zero-order chi connectivity index (χ0) is 14.9. The molecule has 1 aromatic carbocycles. The van der Waals surface area contributed by atoms with Crippen molar-refractivity contribution in [2.45, 2.75) is 31.7 Å². The molecule has 1 aliphatic rings. The molecule has 0 amide bonds. The number of carbonyl (C=O) groups is 1. The largest absolute Gasteiger partial charge is 0.398 e. The van der Waals surface area contributed by atoms with Gasteiger partial charge in [-0.1, -0.05) is 0 Å². The summed E-state index contributed by atoms with van der Waals surface area (Å²) in [6, 6.07) is 5.71. The van der Waals surface area contributed by atoms with E-state index >= 15 is 0 Å². The SMILES string of the molecule is CC(=O)c1ccc(N(C)CC2(N(C)C)CCC2)cc1N. The van der Waals surface area contributed by atoms with Crippen LogP contribution in [0.3, 0.4) is 0 Å². The molecule has 4 nitrogen and oxygen atoms in total. The van der Waals surface area contributed by atoms with Crippen LogP contribution in [-0.2, 0) is 0 Å². The highest BCUT2D eigenvalue weighted by Crippen LogP contribution is 2.37. The van der Waals surface area contributed by atoms with Gasteiger partial charge in [-0.2, -0.15) is 0 Å². The van der Waals surface area contributed by atoms with Gasteiger partial charge in [-0.25, -0.2) is 0 Å². The standard InChI is InChI=1S/C16H25N3O/c1-12(20)14-7-6-13(10-15(14)17)19(4)11-16(18(2)3)8-5-9-16/h6-7,10H,5,8-9,11,17H2,1-4H3. The number of Topliss-reactive ketones (excluding diaryl/α,β-unsaturated/α-hetero) is 1. The van der Waals surface area contributed by atoms with Gasteiger partial charge in [-0.05, 0) is 58.5 Å². The summed E-state index contributed by atoms with van der Waals surface area (Å²) in [7, 11) is 6.40. The first-order chi connectivity index (χ1) is 9.35. The molecule has 2 N–H and O–H groups in total. The van der Waals surface area contributed by atoms with Crippen molar-refractivity contribution in [1.82, 2.24) is 4.90 Å². The number of ketones is 1. The van der Waals surface area contributed by atoms with E-state index in [-0.39, 0.29) is 11.3 Å². The number of anilines is 2. The molecule has 4 heteroatoms. The first-order valence-electron chi connectivity index (χ1n) is 7.15. The lowest BCUT2D eigenvalue weighted by Crippen LogP contribution is -2.56. The second kappa shape index (κ2) is 5.44. The number of nitrogens with zero attached hydrogens (tertiary/aromatic N) is 2. The second-order valence-electron chi connectivity index (χ2n) is 6.16. The third-order valence-electron chi connectivity index (χ3n) is 4.62. The molecule has 1 fully saturated rings. The van der Waals surface area contributed by atoms with Gasteiger partial charge in [-0.15, -0.1) is 0 Å². The summed E-state index contributed by atoms with van der Waals surface area (Å²) in [4.78, 5) is 16.0. The molecule has 0 atom stereocenters. The van der Waals surface area contributed by atoms with E-state index in [1.54, 1.807) is 6.92 Å². The molecule has 0 bridgehead atoms. The number of benzene rings is 1. The van der Waals surface area contributed by atoms with E-state index in [1.165, 1.54) is 19.3 Å². The fourth-order valence-corrected chi connectivity index (χ4v) is 2.97. The molecule has 0 radical (unpaired) electrons. The Morgan fingerprint density at radius 2 is 1.95 bits per heavy atom. The normalized spacial score (nSPS) is 16.9. The predicted octanol–water partition coefficient (Wildman–Crippen LogP) is 2.39. The Kier molecular flexibility index (Phi) is 4.04. The average Bonchev–Trinajstić information content (AvgIpc) is 2.32. The highest BCUT2D eigenvalue weighted by molar-refractivity contribution is 5.99. The van der Waals surface area contributed by atoms with Crippen molar-refractivity contribution in [2.24, 2.45) is 0 Å². The number of rotatable bonds is 5. The first kappa shape index (κ1) is 14.9. The molecule has 1 aliphatic carbocycles. The fraction of sp³-hybridized carbons (Fsp3) is 0.562. The highest BCUT2D eigenvalue weighted by Gasteiger charge is 2.39. The van der Waals surface area contributed by atoms with Crippen LogP contribution in [0.5, 0.6) is 0 Å². The van der Waals surface area contributed by atoms with E-state index in [1.807, 2.05) is 18.2 Å². The molecule has 0 aliphatic heterocycles. The number of nitrogens with two attached hydrogens (primary N) is 1. The smallest absolute Gasteiger partial charge is 0.161 e. The number of hydrogen-bond donors (Lipinski definition) is 1. The van der Waals surface area contributed by atoms with Crippen LogP contribution in [0.15, 0.2) is 18.2 Å². The van der Waals surface area contributed by atoms with Crippen molar-refractivity contribution in [2.75, 3.05) is 38.3 Å². The number of hydrogen-bond acceptors (Lipinski definition) is 4. The van der Waals surface area contributed by atoms with E-state index in [9.17, 15) is 4.79 Å². The lowest BCUT2D eigenvalue weighted by atomic mass is 9.75. The Balaban J connectivity index is 2.15. The Hall–Kier alpha value is -1.55. The average molecular weight is 275 g/mol. The van der Waals surface area contributed by atoms with Gasteiger partial charge in [0.2, 0.25) is 0 Å². The van der Waals surface area contributed by atoms with E-state index in [2.05, 4.69) is 30.9 Å². The maximum atomic E-state index is 11.4. The third-order valence-corrected chi connectivity index (χ3v) is 4.62. The number of likely N-dealkylation sites (N-methyl/N-ethyl adjacent to an activating group) is 2. The minimum atomic E-state index is 0.0143. The Morgan fingerprint density at radius 3 is 2.35 bits per heavy atom. The minimum absolute atomic E-state index is 0.0143. The summed E-state index contributed by atoms with van der Waals surface area (Å²) in [6.07, 6.45) is 3.79. The van der Waals surface area contributed by atoms with Gasteiger partial charge in [0.1, 0.15) is 0 Å². The second-order valence-corrected chi connectivity index (χ2v) is 6.16. The minimum Gasteiger partial charge on any atom is -0.398 e. The fourth-order valence-electron chi connectivity index (χ4n) is 2.97. The number of nitrogen functional groups attached to an aromatic ring is 1. The topological polar surface area (TPSA) is 49.6 Å². The molecular formula is C16H25N3O. The van der Waals surface area contributed by atoms with E-state index in [0.717, 1.165) is 12.2 Å². The molecule has 1 aromatic rings. The van der Waals surface area contributed by atoms with E-state index < -0.39 is 0 Å². The van der Waals surface area contributed by atoms with Crippen LogP contribution in [0.1, 0.15) is 36.5 Å². The molecule has 0 aromatic heterocycles. The predicted molar refractivity (Wildman–Crippen MR) is 84.4 cm³/mol. The molecule has 0 heterocycles. The summed E-state index contributed by atoms with van der Waals surface area (Å²) in [6.45, 7) is 2.53. The van der Waals surface area contributed by atoms with Crippen molar-refractivity contribution in [3.8, 4) is 0 Å². The van der Waals surface area contributed by atoms with Crippen LogP contribution in [0.25, 0.3) is 0 Å². The van der Waals surface area contributed by atoms with Crippen molar-refractivity contribution >= 4 is 17.2 Å². The lowest BCUT2D eigenvalue weighted by Gasteiger charge is -2.49. The molecule has 0 spiro atoms. The van der Waals surface area contributed by atoms with Gasteiger partial charge in [-0.3, -0.25) is 4.79 Å². The molecular weight excluding hydrogens is 250 g/mol. The maximum Gasteiger partial charge on any atom is 0.161 e. The summed E-state index contributed by atoms with van der Waals surface area (Å²) < 4.78 is 0. The molecule has 0 unspecified atom stereocenters. The zero-order valence-electron chi connectivity index (χ0n) is 12.9. The monoisotopic (exact) mass is 275 g/mol. The lowest BCUT2D eigenvalue weighted by molar-refractivity contribution is 0.0683. The Bertz CT molecular complexity index is 506. The third kappa shape index (κ3) is 2.66.